The summed E-state index contributed by atoms with van der Waals surface area (Å²) in [7, 11) is 1.23. The average Bonchev–Trinajstić information content (AvgIpc) is 2.92. The van der Waals surface area contributed by atoms with Gasteiger partial charge in [0.25, 0.3) is 5.88 Å². The second kappa shape index (κ2) is 7.01. The van der Waals surface area contributed by atoms with Gasteiger partial charge in [0.05, 0.1) is 19.2 Å². The van der Waals surface area contributed by atoms with Crippen LogP contribution in [-0.2, 0) is 16.0 Å². The summed E-state index contributed by atoms with van der Waals surface area (Å²) in [6.07, 6.45) is 2.50. The van der Waals surface area contributed by atoms with Gasteiger partial charge in [-0.1, -0.05) is 6.42 Å². The number of hydrogen-bond donors (Lipinski definition) is 0. The standard InChI is InChI=1S/C12H18N2O6S/c1-8-4-3-5-9(14(8)21(16)17)7-19-11-6-10(20-13-11)12(15)18-2/h6,8-9H,3-5,7H2,1-2H3,(H,16,17)/p-1. The monoisotopic (exact) mass is 317 g/mol. The molecular weight excluding hydrogens is 300 g/mol. The summed E-state index contributed by atoms with van der Waals surface area (Å²) in [4.78, 5) is 11.2. The first kappa shape index (κ1) is 15.9. The zero-order chi connectivity index (χ0) is 15.4. The van der Waals surface area contributed by atoms with Crippen molar-refractivity contribution in [3.63, 3.8) is 0 Å². The Kier molecular flexibility index (Phi) is 5.32. The van der Waals surface area contributed by atoms with Gasteiger partial charge in [-0.2, -0.15) is 0 Å². The van der Waals surface area contributed by atoms with E-state index < -0.39 is 17.2 Å². The van der Waals surface area contributed by atoms with Crippen LogP contribution in [0.3, 0.4) is 0 Å². The van der Waals surface area contributed by atoms with Crippen LogP contribution in [0.15, 0.2) is 10.6 Å². The fourth-order valence-corrected chi connectivity index (χ4v) is 3.20. The lowest BCUT2D eigenvalue weighted by molar-refractivity contribution is 0.0554. The van der Waals surface area contributed by atoms with Gasteiger partial charge in [0.15, 0.2) is 0 Å². The molecule has 21 heavy (non-hydrogen) atoms. The van der Waals surface area contributed by atoms with Gasteiger partial charge >= 0.3 is 5.97 Å². The highest BCUT2D eigenvalue weighted by molar-refractivity contribution is 7.76. The fraction of sp³-hybridized carbons (Fsp3) is 0.667. The van der Waals surface area contributed by atoms with Crippen LogP contribution in [0.5, 0.6) is 5.88 Å². The summed E-state index contributed by atoms with van der Waals surface area (Å²) in [6, 6.07) is 1.02. The predicted molar refractivity (Wildman–Crippen MR) is 71.2 cm³/mol. The Bertz CT molecular complexity index is 520. The molecule has 0 spiro atoms. The van der Waals surface area contributed by atoms with Crippen molar-refractivity contribution in [2.24, 2.45) is 0 Å². The van der Waals surface area contributed by atoms with Crippen molar-refractivity contribution in [2.45, 2.75) is 38.3 Å². The van der Waals surface area contributed by atoms with Crippen LogP contribution in [0.4, 0.5) is 0 Å². The predicted octanol–water partition coefficient (Wildman–Crippen LogP) is 0.877. The summed E-state index contributed by atoms with van der Waals surface area (Å²) in [5, 5.41) is 3.59. The molecule has 1 fully saturated rings. The number of carbonyl (C=O) groups is 1. The van der Waals surface area contributed by atoms with E-state index in [0.29, 0.717) is 0 Å². The number of piperidine rings is 1. The molecule has 0 saturated carbocycles. The molecule has 0 radical (unpaired) electrons. The third kappa shape index (κ3) is 3.80. The van der Waals surface area contributed by atoms with Gasteiger partial charge in [-0.3, -0.25) is 4.21 Å². The molecule has 0 aliphatic carbocycles. The molecule has 3 unspecified atom stereocenters. The van der Waals surface area contributed by atoms with Crippen LogP contribution in [0.1, 0.15) is 36.7 Å². The van der Waals surface area contributed by atoms with Crippen molar-refractivity contribution < 1.29 is 27.6 Å². The second-order valence-corrected chi connectivity index (χ2v) is 5.70. The van der Waals surface area contributed by atoms with E-state index in [1.165, 1.54) is 17.5 Å². The van der Waals surface area contributed by atoms with E-state index in [1.54, 1.807) is 0 Å². The topological polar surface area (TPSA) is 105 Å². The van der Waals surface area contributed by atoms with E-state index >= 15 is 0 Å². The number of carbonyl (C=O) groups excluding carboxylic acids is 1. The molecule has 0 aromatic carbocycles. The van der Waals surface area contributed by atoms with Crippen LogP contribution < -0.4 is 4.74 Å². The van der Waals surface area contributed by atoms with Crippen molar-refractivity contribution in [3.8, 4) is 5.88 Å². The van der Waals surface area contributed by atoms with Gasteiger partial charge in [-0.15, -0.1) is 0 Å². The maximum absolute atomic E-state index is 11.3. The van der Waals surface area contributed by atoms with Crippen LogP contribution in [-0.4, -0.2) is 50.0 Å². The molecule has 1 saturated heterocycles. The first-order valence-corrected chi connectivity index (χ1v) is 7.61. The lowest BCUT2D eigenvalue weighted by Gasteiger charge is -2.40. The molecule has 2 heterocycles. The normalized spacial score (nSPS) is 24.5. The number of esters is 1. The molecule has 8 nitrogen and oxygen atoms in total. The summed E-state index contributed by atoms with van der Waals surface area (Å²) >= 11 is -2.29. The summed E-state index contributed by atoms with van der Waals surface area (Å²) < 4.78 is 38.7. The lowest BCUT2D eigenvalue weighted by atomic mass is 10.0. The van der Waals surface area contributed by atoms with Crippen molar-refractivity contribution in [3.05, 3.63) is 11.8 Å². The smallest absolute Gasteiger partial charge is 0.377 e. The third-order valence-corrected chi connectivity index (χ3v) is 4.43. The first-order valence-electron chi connectivity index (χ1n) is 6.58. The SMILES string of the molecule is COC(=O)c1cc(OCC2CCCC(C)N2S(=O)[O-])no1. The van der Waals surface area contributed by atoms with E-state index in [-0.39, 0.29) is 30.3 Å². The van der Waals surface area contributed by atoms with E-state index in [2.05, 4.69) is 9.89 Å². The highest BCUT2D eigenvalue weighted by Gasteiger charge is 2.29. The van der Waals surface area contributed by atoms with Gasteiger partial charge < -0.3 is 18.5 Å². The van der Waals surface area contributed by atoms with Crippen LogP contribution in [0, 0.1) is 0 Å². The maximum Gasteiger partial charge on any atom is 0.377 e. The van der Waals surface area contributed by atoms with E-state index in [9.17, 15) is 13.6 Å². The zero-order valence-electron chi connectivity index (χ0n) is 11.8. The van der Waals surface area contributed by atoms with Crippen molar-refractivity contribution in [1.29, 1.82) is 0 Å². The number of hydrogen-bond acceptors (Lipinski definition) is 7. The van der Waals surface area contributed by atoms with Gasteiger partial charge in [0.1, 0.15) is 6.61 Å². The van der Waals surface area contributed by atoms with Crippen molar-refractivity contribution in [2.75, 3.05) is 13.7 Å². The average molecular weight is 317 g/mol. The zero-order valence-corrected chi connectivity index (χ0v) is 12.6. The Morgan fingerprint density at radius 3 is 3.05 bits per heavy atom. The van der Waals surface area contributed by atoms with E-state index in [4.69, 9.17) is 9.26 Å². The molecule has 3 atom stereocenters. The molecule has 1 aromatic rings. The van der Waals surface area contributed by atoms with Gasteiger partial charge in [-0.25, -0.2) is 9.10 Å². The number of methoxy groups -OCH3 is 1. The molecule has 0 N–H and O–H groups in total. The van der Waals surface area contributed by atoms with Gasteiger partial charge in [0.2, 0.25) is 5.76 Å². The Morgan fingerprint density at radius 1 is 1.62 bits per heavy atom. The number of aromatic nitrogens is 1. The second-order valence-electron chi connectivity index (χ2n) is 4.84. The molecule has 0 bridgehead atoms. The highest BCUT2D eigenvalue weighted by atomic mass is 32.2. The van der Waals surface area contributed by atoms with E-state index in [0.717, 1.165) is 19.3 Å². The van der Waals surface area contributed by atoms with Crippen molar-refractivity contribution in [1.82, 2.24) is 9.46 Å². The fourth-order valence-electron chi connectivity index (χ4n) is 2.39. The number of ether oxygens (including phenoxy) is 2. The summed E-state index contributed by atoms with van der Waals surface area (Å²) in [5.41, 5.74) is 0. The summed E-state index contributed by atoms with van der Waals surface area (Å²) in [6.45, 7) is 2.03. The maximum atomic E-state index is 11.3. The molecule has 1 aliphatic heterocycles. The molecule has 1 aliphatic rings. The number of nitrogens with zero attached hydrogens (tertiary/aromatic N) is 2. The Morgan fingerprint density at radius 2 is 2.38 bits per heavy atom. The molecule has 9 heteroatoms. The Balaban J connectivity index is 1.96. The van der Waals surface area contributed by atoms with Crippen LogP contribution in [0.25, 0.3) is 0 Å². The molecule has 118 valence electrons. The highest BCUT2D eigenvalue weighted by Crippen LogP contribution is 2.24. The minimum atomic E-state index is -2.29. The molecule has 1 aromatic heterocycles. The lowest BCUT2D eigenvalue weighted by Crippen LogP contribution is -2.48. The number of rotatable bonds is 5. The van der Waals surface area contributed by atoms with E-state index in [1.807, 2.05) is 6.92 Å². The molecule has 0 amide bonds. The van der Waals surface area contributed by atoms with Crippen LogP contribution in [0.2, 0.25) is 0 Å². The minimum Gasteiger partial charge on any atom is -0.760 e. The van der Waals surface area contributed by atoms with Crippen LogP contribution >= 0.6 is 0 Å². The summed E-state index contributed by atoms with van der Waals surface area (Å²) in [5.74, 6) is -0.579. The van der Waals surface area contributed by atoms with Gasteiger partial charge in [0, 0.05) is 17.3 Å². The Hall–Kier alpha value is -1.45. The minimum absolute atomic E-state index is 0.0476. The molecular formula is C12H17N2O6S-. The third-order valence-electron chi connectivity index (χ3n) is 3.42. The Labute approximate surface area is 124 Å². The van der Waals surface area contributed by atoms with Crippen molar-refractivity contribution >= 4 is 17.2 Å². The first-order chi connectivity index (χ1) is 10.0. The molecule has 2 rings (SSSR count). The largest absolute Gasteiger partial charge is 0.760 e. The quantitative estimate of drug-likeness (QED) is 0.586. The van der Waals surface area contributed by atoms with Gasteiger partial charge in [-0.05, 0) is 24.9 Å².